The molecule has 0 radical (unpaired) electrons. The molecule has 1 N–H and O–H groups in total. The molecule has 1 aliphatic rings. The zero-order valence-corrected chi connectivity index (χ0v) is 15.8. The van der Waals surface area contributed by atoms with E-state index in [1.54, 1.807) is 7.11 Å². The van der Waals surface area contributed by atoms with Crippen LogP contribution in [0.4, 0.5) is 0 Å². The molecule has 1 heterocycles. The minimum absolute atomic E-state index is 0.0272. The van der Waals surface area contributed by atoms with Crippen LogP contribution < -0.4 is 10.1 Å². The zero-order valence-electron chi connectivity index (χ0n) is 15.1. The lowest BCUT2D eigenvalue weighted by molar-refractivity contribution is -0.120. The minimum Gasteiger partial charge on any atom is -0.497 e. The number of ether oxygens (including phenoxy) is 1. The Hall–Kier alpha value is -2.04. The first kappa shape index (κ1) is 18.7. The Morgan fingerprint density at radius 2 is 1.92 bits per heavy atom. The molecule has 138 valence electrons. The highest BCUT2D eigenvalue weighted by Crippen LogP contribution is 2.27. The molecule has 1 fully saturated rings. The molecule has 4 nitrogen and oxygen atoms in total. The molecule has 0 aliphatic carbocycles. The molecule has 0 spiro atoms. The zero-order chi connectivity index (χ0) is 18.4. The fraction of sp³-hybridized carbons (Fsp3) is 0.381. The van der Waals surface area contributed by atoms with Crippen molar-refractivity contribution in [1.29, 1.82) is 0 Å². The van der Waals surface area contributed by atoms with Gasteiger partial charge in [-0.05, 0) is 61.3 Å². The lowest BCUT2D eigenvalue weighted by atomic mass is 10.0. The standard InChI is InChI=1S/C21H25ClN2O2/c1-26-19-6-4-5-17(14-19)20(24-11-2-3-12-24)15-23-21(25)13-16-7-9-18(22)10-8-16/h4-10,14,20H,2-3,11-13,15H2,1H3,(H,23,25)/t20-/m1/s1. The van der Waals surface area contributed by atoms with Crippen molar-refractivity contribution in [3.63, 3.8) is 0 Å². The van der Waals surface area contributed by atoms with E-state index >= 15 is 0 Å². The van der Waals surface area contributed by atoms with Crippen LogP contribution in [-0.4, -0.2) is 37.6 Å². The van der Waals surface area contributed by atoms with E-state index in [0.717, 1.165) is 24.4 Å². The molecule has 0 unspecified atom stereocenters. The van der Waals surface area contributed by atoms with Crippen LogP contribution in [0.1, 0.15) is 30.0 Å². The number of methoxy groups -OCH3 is 1. The maximum Gasteiger partial charge on any atom is 0.224 e. The van der Waals surface area contributed by atoms with E-state index < -0.39 is 0 Å². The first-order valence-corrected chi connectivity index (χ1v) is 9.42. The molecule has 5 heteroatoms. The monoisotopic (exact) mass is 372 g/mol. The molecule has 0 aromatic heterocycles. The molecule has 3 rings (SSSR count). The van der Waals surface area contributed by atoms with Crippen molar-refractivity contribution in [3.05, 3.63) is 64.7 Å². The van der Waals surface area contributed by atoms with Gasteiger partial charge in [0.15, 0.2) is 0 Å². The van der Waals surface area contributed by atoms with Crippen LogP contribution in [0.2, 0.25) is 5.02 Å². The van der Waals surface area contributed by atoms with E-state index in [1.807, 2.05) is 36.4 Å². The van der Waals surface area contributed by atoms with Crippen LogP contribution in [0.25, 0.3) is 0 Å². The van der Waals surface area contributed by atoms with Crippen LogP contribution >= 0.6 is 11.6 Å². The van der Waals surface area contributed by atoms with Gasteiger partial charge in [0.1, 0.15) is 5.75 Å². The van der Waals surface area contributed by atoms with Crippen LogP contribution in [-0.2, 0) is 11.2 Å². The molecule has 1 aliphatic heterocycles. The second-order valence-corrected chi connectivity index (χ2v) is 7.08. The third kappa shape index (κ3) is 4.99. The molecule has 1 amide bonds. The number of nitrogens with one attached hydrogen (secondary N) is 1. The van der Waals surface area contributed by atoms with Gasteiger partial charge in [0, 0.05) is 11.6 Å². The Bertz CT molecular complexity index is 727. The van der Waals surface area contributed by atoms with Gasteiger partial charge < -0.3 is 10.1 Å². The van der Waals surface area contributed by atoms with Gasteiger partial charge in [-0.2, -0.15) is 0 Å². The maximum atomic E-state index is 12.4. The number of carbonyl (C=O) groups is 1. The number of halogens is 1. The highest BCUT2D eigenvalue weighted by Gasteiger charge is 2.24. The quantitative estimate of drug-likeness (QED) is 0.802. The lowest BCUT2D eigenvalue weighted by Gasteiger charge is -2.28. The normalized spacial score (nSPS) is 15.6. The summed E-state index contributed by atoms with van der Waals surface area (Å²) in [6.45, 7) is 2.73. The molecule has 0 bridgehead atoms. The Morgan fingerprint density at radius 3 is 2.62 bits per heavy atom. The largest absolute Gasteiger partial charge is 0.497 e. The van der Waals surface area contributed by atoms with Crippen LogP contribution in [0, 0.1) is 0 Å². The summed E-state index contributed by atoms with van der Waals surface area (Å²) in [5, 5.41) is 3.79. The van der Waals surface area contributed by atoms with Crippen molar-refractivity contribution in [2.24, 2.45) is 0 Å². The molecule has 1 atom stereocenters. The number of nitrogens with zero attached hydrogens (tertiary/aromatic N) is 1. The third-order valence-electron chi connectivity index (χ3n) is 4.83. The second-order valence-electron chi connectivity index (χ2n) is 6.64. The van der Waals surface area contributed by atoms with E-state index in [9.17, 15) is 4.79 Å². The summed E-state index contributed by atoms with van der Waals surface area (Å²) < 4.78 is 5.37. The summed E-state index contributed by atoms with van der Waals surface area (Å²) in [4.78, 5) is 14.8. The van der Waals surface area contributed by atoms with E-state index in [4.69, 9.17) is 16.3 Å². The number of rotatable bonds is 7. The van der Waals surface area contributed by atoms with Gasteiger partial charge in [0.25, 0.3) is 0 Å². The summed E-state index contributed by atoms with van der Waals surface area (Å²) in [6, 6.07) is 15.7. The topological polar surface area (TPSA) is 41.6 Å². The van der Waals surface area contributed by atoms with Gasteiger partial charge in [-0.3, -0.25) is 9.69 Å². The number of hydrogen-bond acceptors (Lipinski definition) is 3. The summed E-state index contributed by atoms with van der Waals surface area (Å²) in [7, 11) is 1.68. The van der Waals surface area contributed by atoms with Crippen molar-refractivity contribution < 1.29 is 9.53 Å². The summed E-state index contributed by atoms with van der Waals surface area (Å²) in [6.07, 6.45) is 2.78. The minimum atomic E-state index is 0.0272. The predicted octanol–water partition coefficient (Wildman–Crippen LogP) is 3.84. The highest BCUT2D eigenvalue weighted by atomic mass is 35.5. The summed E-state index contributed by atoms with van der Waals surface area (Å²) in [5.74, 6) is 0.874. The van der Waals surface area contributed by atoms with Crippen LogP contribution in [0.15, 0.2) is 48.5 Å². The Morgan fingerprint density at radius 1 is 1.19 bits per heavy atom. The molecule has 1 saturated heterocycles. The average Bonchev–Trinajstić information content (AvgIpc) is 3.18. The molecule has 2 aromatic carbocycles. The Kier molecular flexibility index (Phi) is 6.53. The van der Waals surface area contributed by atoms with E-state index in [-0.39, 0.29) is 11.9 Å². The second kappa shape index (κ2) is 9.06. The first-order chi connectivity index (χ1) is 12.7. The maximum absolute atomic E-state index is 12.4. The van der Waals surface area contributed by atoms with Crippen LogP contribution in [0.5, 0.6) is 5.75 Å². The molecular formula is C21H25ClN2O2. The Balaban J connectivity index is 1.65. The van der Waals surface area contributed by atoms with Gasteiger partial charge in [-0.15, -0.1) is 0 Å². The van der Waals surface area contributed by atoms with Crippen molar-refractivity contribution >= 4 is 17.5 Å². The van der Waals surface area contributed by atoms with Gasteiger partial charge in [-0.25, -0.2) is 0 Å². The van der Waals surface area contributed by atoms with E-state index in [0.29, 0.717) is 18.0 Å². The smallest absolute Gasteiger partial charge is 0.224 e. The van der Waals surface area contributed by atoms with Gasteiger partial charge in [0.2, 0.25) is 5.91 Å². The fourth-order valence-corrected chi connectivity index (χ4v) is 3.55. The molecule has 0 saturated carbocycles. The van der Waals surface area contributed by atoms with Gasteiger partial charge in [-0.1, -0.05) is 35.9 Å². The number of amides is 1. The van der Waals surface area contributed by atoms with E-state index in [1.165, 1.54) is 18.4 Å². The first-order valence-electron chi connectivity index (χ1n) is 9.05. The average molecular weight is 373 g/mol. The SMILES string of the molecule is COc1cccc([C@@H](CNC(=O)Cc2ccc(Cl)cc2)N2CCCC2)c1. The van der Waals surface area contributed by atoms with Gasteiger partial charge >= 0.3 is 0 Å². The Labute approximate surface area is 160 Å². The third-order valence-corrected chi connectivity index (χ3v) is 5.08. The number of hydrogen-bond donors (Lipinski definition) is 1. The number of carbonyl (C=O) groups excluding carboxylic acids is 1. The number of likely N-dealkylation sites (tertiary alicyclic amines) is 1. The van der Waals surface area contributed by atoms with Crippen molar-refractivity contribution in [1.82, 2.24) is 10.2 Å². The lowest BCUT2D eigenvalue weighted by Crippen LogP contribution is -2.37. The van der Waals surface area contributed by atoms with Crippen molar-refractivity contribution in [3.8, 4) is 5.75 Å². The summed E-state index contributed by atoms with van der Waals surface area (Å²) >= 11 is 5.90. The number of benzene rings is 2. The van der Waals surface area contributed by atoms with Gasteiger partial charge in [0.05, 0.1) is 19.6 Å². The molecule has 26 heavy (non-hydrogen) atoms. The van der Waals surface area contributed by atoms with Crippen LogP contribution in [0.3, 0.4) is 0 Å². The predicted molar refractivity (Wildman–Crippen MR) is 105 cm³/mol. The molecular weight excluding hydrogens is 348 g/mol. The highest BCUT2D eigenvalue weighted by molar-refractivity contribution is 6.30. The summed E-state index contributed by atoms with van der Waals surface area (Å²) in [5.41, 5.74) is 2.14. The fourth-order valence-electron chi connectivity index (χ4n) is 3.42. The van der Waals surface area contributed by atoms with E-state index in [2.05, 4.69) is 22.3 Å². The molecule has 2 aromatic rings. The van der Waals surface area contributed by atoms with Crippen molar-refractivity contribution in [2.45, 2.75) is 25.3 Å². The van der Waals surface area contributed by atoms with Crippen molar-refractivity contribution in [2.75, 3.05) is 26.7 Å².